The molecule has 0 radical (unpaired) electrons. The van der Waals surface area contributed by atoms with Crippen LogP contribution in [0.3, 0.4) is 0 Å². The smallest absolute Gasteiger partial charge is 0.234 e. The van der Waals surface area contributed by atoms with Crippen LogP contribution in [0.25, 0.3) is 11.3 Å². The molecule has 20 heavy (non-hydrogen) atoms. The Morgan fingerprint density at radius 3 is 2.75 bits per heavy atom. The first-order valence-corrected chi connectivity index (χ1v) is 6.44. The molecule has 1 aromatic heterocycles. The van der Waals surface area contributed by atoms with E-state index < -0.39 is 5.41 Å². The lowest BCUT2D eigenvalue weighted by atomic mass is 9.85. The molecule has 0 unspecified atom stereocenters. The molecule has 2 heterocycles. The Balaban J connectivity index is 2.18. The van der Waals surface area contributed by atoms with E-state index in [0.29, 0.717) is 11.4 Å². The van der Waals surface area contributed by atoms with Gasteiger partial charge in [0, 0.05) is 11.3 Å². The third-order valence-corrected chi connectivity index (χ3v) is 3.87. The van der Waals surface area contributed by atoms with Gasteiger partial charge >= 0.3 is 0 Å². The van der Waals surface area contributed by atoms with Gasteiger partial charge in [-0.3, -0.25) is 4.79 Å². The van der Waals surface area contributed by atoms with E-state index in [4.69, 9.17) is 5.73 Å². The van der Waals surface area contributed by atoms with Gasteiger partial charge in [-0.15, -0.1) is 0 Å². The second-order valence-corrected chi connectivity index (χ2v) is 5.56. The van der Waals surface area contributed by atoms with E-state index in [1.54, 1.807) is 0 Å². The van der Waals surface area contributed by atoms with Gasteiger partial charge in [0.1, 0.15) is 6.33 Å². The minimum atomic E-state index is -0.540. The number of amides is 1. The Labute approximate surface area is 117 Å². The molecule has 0 atom stereocenters. The van der Waals surface area contributed by atoms with Crippen LogP contribution in [0.2, 0.25) is 0 Å². The second kappa shape index (κ2) is 4.03. The summed E-state index contributed by atoms with van der Waals surface area (Å²) in [5.41, 5.74) is 10.3. The highest BCUT2D eigenvalue weighted by atomic mass is 16.2. The number of aryl methyl sites for hydroxylation is 1. The van der Waals surface area contributed by atoms with Crippen molar-refractivity contribution in [2.75, 3.05) is 11.1 Å². The summed E-state index contributed by atoms with van der Waals surface area (Å²) in [4.78, 5) is 20.3. The molecule has 1 aliphatic heterocycles. The first-order chi connectivity index (χ1) is 9.41. The van der Waals surface area contributed by atoms with Gasteiger partial charge < -0.3 is 11.1 Å². The highest BCUT2D eigenvalue weighted by Crippen LogP contribution is 2.40. The molecule has 1 amide bonds. The fourth-order valence-electron chi connectivity index (χ4n) is 2.43. The summed E-state index contributed by atoms with van der Waals surface area (Å²) in [6, 6.07) is 5.79. The number of nitrogens with one attached hydrogen (secondary N) is 1. The maximum Gasteiger partial charge on any atom is 0.234 e. The summed E-state index contributed by atoms with van der Waals surface area (Å²) >= 11 is 0. The molecule has 3 N–H and O–H groups in total. The fraction of sp³-hybridized carbons (Fsp3) is 0.267. The molecule has 0 bridgehead atoms. The largest absolute Gasteiger partial charge is 0.395 e. The maximum absolute atomic E-state index is 12.0. The molecule has 1 aliphatic rings. The van der Waals surface area contributed by atoms with Crippen molar-refractivity contribution in [1.82, 2.24) is 9.97 Å². The number of nitrogens with zero attached hydrogens (tertiary/aromatic N) is 2. The molecular weight excluding hydrogens is 252 g/mol. The van der Waals surface area contributed by atoms with Gasteiger partial charge in [0.15, 0.2) is 0 Å². The van der Waals surface area contributed by atoms with Crippen LogP contribution >= 0.6 is 0 Å². The number of anilines is 2. The standard InChI is InChI=1S/C15H16N4O/c1-8-12(16)13(18-7-17-8)9-4-5-11-10(6-9)15(2,3)14(20)19-11/h4-7H,16H2,1-3H3,(H,19,20). The van der Waals surface area contributed by atoms with Gasteiger partial charge in [0.2, 0.25) is 5.91 Å². The molecule has 3 rings (SSSR count). The average molecular weight is 268 g/mol. The molecular formula is C15H16N4O. The third kappa shape index (κ3) is 1.66. The molecule has 0 saturated carbocycles. The van der Waals surface area contributed by atoms with Crippen molar-refractivity contribution in [3.63, 3.8) is 0 Å². The van der Waals surface area contributed by atoms with Gasteiger partial charge in [-0.2, -0.15) is 0 Å². The van der Waals surface area contributed by atoms with E-state index in [1.165, 1.54) is 6.33 Å². The molecule has 102 valence electrons. The molecule has 0 spiro atoms. The van der Waals surface area contributed by atoms with Crippen LogP contribution in [0, 0.1) is 6.92 Å². The van der Waals surface area contributed by atoms with Gasteiger partial charge in [0.25, 0.3) is 0 Å². The number of carbonyl (C=O) groups excluding carboxylic acids is 1. The van der Waals surface area contributed by atoms with E-state index in [9.17, 15) is 4.79 Å². The third-order valence-electron chi connectivity index (χ3n) is 3.87. The zero-order valence-electron chi connectivity index (χ0n) is 11.7. The van der Waals surface area contributed by atoms with E-state index >= 15 is 0 Å². The first-order valence-electron chi connectivity index (χ1n) is 6.44. The zero-order valence-corrected chi connectivity index (χ0v) is 11.7. The van der Waals surface area contributed by atoms with Gasteiger partial charge in [0.05, 0.1) is 22.5 Å². The Kier molecular flexibility index (Phi) is 2.54. The number of rotatable bonds is 1. The summed E-state index contributed by atoms with van der Waals surface area (Å²) in [6.07, 6.45) is 1.50. The van der Waals surface area contributed by atoms with Crippen LogP contribution in [-0.4, -0.2) is 15.9 Å². The maximum atomic E-state index is 12.0. The summed E-state index contributed by atoms with van der Waals surface area (Å²) in [5, 5.41) is 2.89. The molecule has 0 fully saturated rings. The molecule has 5 heteroatoms. The monoisotopic (exact) mass is 268 g/mol. The number of aromatic nitrogens is 2. The van der Waals surface area contributed by atoms with E-state index in [0.717, 1.165) is 22.5 Å². The average Bonchev–Trinajstić information content (AvgIpc) is 2.64. The van der Waals surface area contributed by atoms with Crippen LogP contribution in [-0.2, 0) is 10.2 Å². The predicted octanol–water partition coefficient (Wildman–Crippen LogP) is 2.26. The number of nitrogen functional groups attached to an aromatic ring is 1. The van der Waals surface area contributed by atoms with Crippen LogP contribution in [0.4, 0.5) is 11.4 Å². The minimum absolute atomic E-state index is 0.0106. The van der Waals surface area contributed by atoms with Crippen molar-refractivity contribution >= 4 is 17.3 Å². The lowest BCUT2D eigenvalue weighted by molar-refractivity contribution is -0.119. The SMILES string of the molecule is Cc1ncnc(-c2ccc3c(c2)C(C)(C)C(=O)N3)c1N. The number of nitrogens with two attached hydrogens (primary N) is 1. The number of carbonyl (C=O) groups is 1. The van der Waals surface area contributed by atoms with Crippen LogP contribution in [0.5, 0.6) is 0 Å². The predicted molar refractivity (Wildman–Crippen MR) is 78.3 cm³/mol. The quantitative estimate of drug-likeness (QED) is 0.831. The lowest BCUT2D eigenvalue weighted by Gasteiger charge is -2.16. The highest BCUT2D eigenvalue weighted by molar-refractivity contribution is 6.06. The van der Waals surface area contributed by atoms with Gasteiger partial charge in [-0.1, -0.05) is 6.07 Å². The number of benzene rings is 1. The van der Waals surface area contributed by atoms with Gasteiger partial charge in [-0.05, 0) is 38.5 Å². The topological polar surface area (TPSA) is 80.9 Å². The summed E-state index contributed by atoms with van der Waals surface area (Å²) in [6.45, 7) is 5.67. The number of fused-ring (bicyclic) bond motifs is 1. The molecule has 0 aliphatic carbocycles. The summed E-state index contributed by atoms with van der Waals surface area (Å²) in [5.74, 6) is 0.0106. The molecule has 5 nitrogen and oxygen atoms in total. The molecule has 0 saturated heterocycles. The van der Waals surface area contributed by atoms with Crippen molar-refractivity contribution in [2.45, 2.75) is 26.2 Å². The summed E-state index contributed by atoms with van der Waals surface area (Å²) < 4.78 is 0. The van der Waals surface area contributed by atoms with Crippen molar-refractivity contribution in [3.05, 3.63) is 35.8 Å². The second-order valence-electron chi connectivity index (χ2n) is 5.56. The highest BCUT2D eigenvalue weighted by Gasteiger charge is 2.38. The van der Waals surface area contributed by atoms with Crippen molar-refractivity contribution in [1.29, 1.82) is 0 Å². The van der Waals surface area contributed by atoms with E-state index in [-0.39, 0.29) is 5.91 Å². The van der Waals surface area contributed by atoms with Crippen molar-refractivity contribution < 1.29 is 4.79 Å². The van der Waals surface area contributed by atoms with Gasteiger partial charge in [-0.25, -0.2) is 9.97 Å². The Hall–Kier alpha value is -2.43. The number of hydrogen-bond donors (Lipinski definition) is 2. The Morgan fingerprint density at radius 1 is 1.25 bits per heavy atom. The first kappa shape index (κ1) is 12.6. The van der Waals surface area contributed by atoms with E-state index in [1.807, 2.05) is 39.0 Å². The normalized spacial score (nSPS) is 15.8. The lowest BCUT2D eigenvalue weighted by Crippen LogP contribution is -2.26. The molecule has 2 aromatic rings. The summed E-state index contributed by atoms with van der Waals surface area (Å²) in [7, 11) is 0. The van der Waals surface area contributed by atoms with Crippen LogP contribution in [0.1, 0.15) is 25.1 Å². The van der Waals surface area contributed by atoms with E-state index in [2.05, 4.69) is 15.3 Å². The van der Waals surface area contributed by atoms with Crippen molar-refractivity contribution in [2.24, 2.45) is 0 Å². The van der Waals surface area contributed by atoms with Crippen LogP contribution < -0.4 is 11.1 Å². The van der Waals surface area contributed by atoms with Crippen LogP contribution in [0.15, 0.2) is 24.5 Å². The number of hydrogen-bond acceptors (Lipinski definition) is 4. The minimum Gasteiger partial charge on any atom is -0.395 e. The fourth-order valence-corrected chi connectivity index (χ4v) is 2.43. The zero-order chi connectivity index (χ0) is 14.5. The van der Waals surface area contributed by atoms with Crippen molar-refractivity contribution in [3.8, 4) is 11.3 Å². The Bertz CT molecular complexity index is 722. The Morgan fingerprint density at radius 2 is 2.00 bits per heavy atom. The molecule has 1 aromatic carbocycles.